The van der Waals surface area contributed by atoms with Gasteiger partial charge in [0.05, 0.1) is 11.1 Å². The zero-order valence-electron chi connectivity index (χ0n) is 6.61. The van der Waals surface area contributed by atoms with Gasteiger partial charge in [0, 0.05) is 11.3 Å². The maximum atomic E-state index is 5.78. The molecular weight excluding hydrogens is 237 g/mol. The Labute approximate surface area is 92.3 Å². The van der Waals surface area contributed by atoms with Gasteiger partial charge in [-0.25, -0.2) is 0 Å². The van der Waals surface area contributed by atoms with E-state index >= 15 is 0 Å². The lowest BCUT2D eigenvalue weighted by Gasteiger charge is -1.96. The van der Waals surface area contributed by atoms with Crippen molar-refractivity contribution in [1.82, 2.24) is 0 Å². The van der Waals surface area contributed by atoms with E-state index in [1.165, 1.54) is 16.2 Å². The van der Waals surface area contributed by atoms with Crippen LogP contribution in [0.2, 0.25) is 9.36 Å². The van der Waals surface area contributed by atoms with Gasteiger partial charge in [0.2, 0.25) is 0 Å². The number of halogens is 3. The van der Waals surface area contributed by atoms with Crippen LogP contribution in [0.1, 0.15) is 11.8 Å². The van der Waals surface area contributed by atoms with Crippen molar-refractivity contribution in [3.63, 3.8) is 0 Å². The highest BCUT2D eigenvalue weighted by atomic mass is 35.5. The maximum Gasteiger partial charge on any atom is 0.112 e. The fourth-order valence-corrected chi connectivity index (χ4v) is 2.43. The number of thiophene rings is 1. The van der Waals surface area contributed by atoms with Crippen LogP contribution in [0.25, 0.3) is 0 Å². The van der Waals surface area contributed by atoms with Crippen LogP contribution >= 0.6 is 34.5 Å². The van der Waals surface area contributed by atoms with Gasteiger partial charge in [0.25, 0.3) is 0 Å². The van der Waals surface area contributed by atoms with E-state index in [4.69, 9.17) is 23.2 Å². The molecule has 1 nitrogen and oxygen atoms in total. The van der Waals surface area contributed by atoms with Crippen LogP contribution in [0.3, 0.4) is 0 Å². The van der Waals surface area contributed by atoms with Gasteiger partial charge in [-0.15, -0.1) is 11.3 Å². The second kappa shape index (κ2) is 5.30. The predicted octanol–water partition coefficient (Wildman–Crippen LogP) is -0.768. The highest BCUT2D eigenvalue weighted by Gasteiger charge is 2.07. The molecule has 0 aliphatic heterocycles. The molecule has 0 saturated carbocycles. The summed E-state index contributed by atoms with van der Waals surface area (Å²) in [6.45, 7) is 2.07. The summed E-state index contributed by atoms with van der Waals surface area (Å²) >= 11 is 13.1. The standard InChI is InChI=1S/C7H9Cl2NS.ClH/c1-4(10)2-5-3-6(8)7(9)11-5;/h3-4H,2,10H2,1H3;1H. The van der Waals surface area contributed by atoms with Gasteiger partial charge in [-0.05, 0) is 13.0 Å². The Kier molecular flexibility index (Phi) is 5.53. The molecule has 0 spiro atoms. The summed E-state index contributed by atoms with van der Waals surface area (Å²) in [5.74, 6) is 0. The lowest BCUT2D eigenvalue weighted by Crippen LogP contribution is -3.00. The molecule has 1 atom stereocenters. The van der Waals surface area contributed by atoms with Crippen molar-refractivity contribution >= 4 is 34.5 Å². The third kappa shape index (κ3) is 3.50. The Morgan fingerprint density at radius 1 is 1.58 bits per heavy atom. The van der Waals surface area contributed by atoms with E-state index in [0.717, 1.165) is 6.42 Å². The first-order valence-electron chi connectivity index (χ1n) is 3.36. The second-order valence-corrected chi connectivity index (χ2v) is 4.79. The van der Waals surface area contributed by atoms with Crippen molar-refractivity contribution in [3.05, 3.63) is 20.3 Å². The van der Waals surface area contributed by atoms with Gasteiger partial charge >= 0.3 is 0 Å². The van der Waals surface area contributed by atoms with Gasteiger partial charge in [0.1, 0.15) is 4.34 Å². The molecule has 1 unspecified atom stereocenters. The molecule has 1 rings (SSSR count). The Morgan fingerprint density at radius 2 is 2.17 bits per heavy atom. The highest BCUT2D eigenvalue weighted by molar-refractivity contribution is 7.16. The van der Waals surface area contributed by atoms with Gasteiger partial charge in [-0.2, -0.15) is 0 Å². The maximum absolute atomic E-state index is 5.78. The van der Waals surface area contributed by atoms with Crippen molar-refractivity contribution in [2.45, 2.75) is 19.4 Å². The van der Waals surface area contributed by atoms with Gasteiger partial charge in [-0.3, -0.25) is 0 Å². The van der Waals surface area contributed by atoms with E-state index in [9.17, 15) is 0 Å². The molecule has 1 aromatic heterocycles. The molecule has 0 radical (unpaired) electrons. The zero-order chi connectivity index (χ0) is 8.43. The molecular formula is C7H10Cl3NS. The second-order valence-electron chi connectivity index (χ2n) is 2.64. The zero-order valence-corrected chi connectivity index (χ0v) is 9.70. The van der Waals surface area contributed by atoms with E-state index < -0.39 is 0 Å². The monoisotopic (exact) mass is 245 g/mol. The average molecular weight is 247 g/mol. The average Bonchev–Trinajstić information content (AvgIpc) is 2.10. The molecule has 0 aromatic carbocycles. The van der Waals surface area contributed by atoms with Crippen LogP contribution in [0, 0.1) is 0 Å². The molecule has 0 amide bonds. The van der Waals surface area contributed by atoms with E-state index in [1.807, 2.05) is 6.07 Å². The summed E-state index contributed by atoms with van der Waals surface area (Å²) in [6.07, 6.45) is 0.955. The molecule has 0 bridgehead atoms. The molecule has 0 saturated heterocycles. The van der Waals surface area contributed by atoms with Gasteiger partial charge in [0.15, 0.2) is 0 Å². The van der Waals surface area contributed by atoms with Crippen molar-refractivity contribution in [2.75, 3.05) is 0 Å². The molecule has 12 heavy (non-hydrogen) atoms. The minimum Gasteiger partial charge on any atom is -1.00 e. The third-order valence-electron chi connectivity index (χ3n) is 1.25. The highest BCUT2D eigenvalue weighted by Crippen LogP contribution is 2.31. The van der Waals surface area contributed by atoms with E-state index in [2.05, 4.69) is 12.7 Å². The van der Waals surface area contributed by atoms with E-state index in [1.54, 1.807) is 0 Å². The topological polar surface area (TPSA) is 27.6 Å². The van der Waals surface area contributed by atoms with Crippen molar-refractivity contribution in [1.29, 1.82) is 0 Å². The number of hydrogen-bond acceptors (Lipinski definition) is 1. The van der Waals surface area contributed by atoms with E-state index in [0.29, 0.717) is 15.4 Å². The van der Waals surface area contributed by atoms with Crippen LogP contribution in [0.15, 0.2) is 6.07 Å². The summed E-state index contributed by atoms with van der Waals surface area (Å²) < 4.78 is 0.683. The summed E-state index contributed by atoms with van der Waals surface area (Å²) in [7, 11) is 0. The number of rotatable bonds is 2. The largest absolute Gasteiger partial charge is 1.00 e. The SMILES string of the molecule is CC([NH3+])Cc1cc(Cl)c(Cl)s1.[Cl-]. The molecule has 1 aromatic rings. The minimum atomic E-state index is 0. The first-order chi connectivity index (χ1) is 5.09. The fraction of sp³-hybridized carbons (Fsp3) is 0.429. The van der Waals surface area contributed by atoms with Crippen molar-refractivity contribution < 1.29 is 18.1 Å². The molecule has 70 valence electrons. The number of hydrogen-bond donors (Lipinski definition) is 1. The van der Waals surface area contributed by atoms with Crippen LogP contribution < -0.4 is 18.1 Å². The normalized spacial score (nSPS) is 12.3. The summed E-state index contributed by atoms with van der Waals surface area (Å²) in [4.78, 5) is 1.21. The molecule has 5 heteroatoms. The fourth-order valence-electron chi connectivity index (χ4n) is 0.835. The van der Waals surface area contributed by atoms with Gasteiger partial charge in [-0.1, -0.05) is 23.2 Å². The van der Waals surface area contributed by atoms with Crippen molar-refractivity contribution in [3.8, 4) is 0 Å². The lowest BCUT2D eigenvalue weighted by molar-refractivity contribution is -0.413. The van der Waals surface area contributed by atoms with Gasteiger partial charge < -0.3 is 18.1 Å². The molecule has 0 aliphatic carbocycles. The Morgan fingerprint density at radius 3 is 2.50 bits per heavy atom. The number of quaternary nitrogens is 1. The molecule has 1 heterocycles. The van der Waals surface area contributed by atoms with Crippen LogP contribution in [-0.4, -0.2) is 6.04 Å². The molecule has 0 aliphatic rings. The summed E-state index contributed by atoms with van der Waals surface area (Å²) in [5.41, 5.74) is 3.89. The smallest absolute Gasteiger partial charge is 0.112 e. The predicted molar refractivity (Wildman–Crippen MR) is 50.4 cm³/mol. The molecule has 0 fully saturated rings. The molecule has 3 N–H and O–H groups in total. The van der Waals surface area contributed by atoms with Crippen molar-refractivity contribution in [2.24, 2.45) is 0 Å². The first kappa shape index (κ1) is 12.5. The van der Waals surface area contributed by atoms with E-state index in [-0.39, 0.29) is 12.4 Å². The Bertz CT molecular complexity index is 227. The lowest BCUT2D eigenvalue weighted by atomic mass is 10.2. The summed E-state index contributed by atoms with van der Waals surface area (Å²) in [5, 5.41) is 0.660. The Hall–Kier alpha value is 0.530. The van der Waals surface area contributed by atoms with Crippen LogP contribution in [-0.2, 0) is 6.42 Å². The third-order valence-corrected chi connectivity index (χ3v) is 3.13. The Balaban J connectivity index is 0.00000121. The first-order valence-corrected chi connectivity index (χ1v) is 4.93. The quantitative estimate of drug-likeness (QED) is 0.710. The summed E-state index contributed by atoms with van der Waals surface area (Å²) in [6, 6.07) is 2.33. The van der Waals surface area contributed by atoms with Crippen LogP contribution in [0.4, 0.5) is 0 Å². The van der Waals surface area contributed by atoms with Crippen LogP contribution in [0.5, 0.6) is 0 Å². The minimum absolute atomic E-state index is 0.